The Labute approximate surface area is 171 Å². The Morgan fingerprint density at radius 2 is 1.96 bits per heavy atom. The van der Waals surface area contributed by atoms with Crippen LogP contribution in [0.5, 0.6) is 11.5 Å². The SMILES string of the molecule is CC[C@@H](N[C@H](C)CC(=O)CCCN)c1ccc(Cl)c(Oc2ccccc2)c1F. The van der Waals surface area contributed by atoms with Gasteiger partial charge in [-0.3, -0.25) is 4.79 Å². The average molecular weight is 407 g/mol. The molecular formula is C22H28ClFN2O2. The molecule has 0 aliphatic heterocycles. The van der Waals surface area contributed by atoms with E-state index >= 15 is 4.39 Å². The highest BCUT2D eigenvalue weighted by Crippen LogP contribution is 2.36. The molecule has 0 amide bonds. The van der Waals surface area contributed by atoms with E-state index in [1.807, 2.05) is 32.0 Å². The van der Waals surface area contributed by atoms with Crippen molar-refractivity contribution < 1.29 is 13.9 Å². The first-order valence-electron chi connectivity index (χ1n) is 9.64. The Morgan fingerprint density at radius 1 is 1.25 bits per heavy atom. The standard InChI is InChI=1S/C22H28ClFN2O2/c1-3-20(26-15(2)14-16(27)8-7-13-25)18-11-12-19(23)22(21(18)24)28-17-9-5-4-6-10-17/h4-6,9-12,15,20,26H,3,7-8,13-14,25H2,1-2H3/t15-,20-/m1/s1. The number of ketones is 1. The van der Waals surface area contributed by atoms with E-state index in [1.165, 1.54) is 0 Å². The zero-order valence-corrected chi connectivity index (χ0v) is 17.1. The molecule has 0 saturated heterocycles. The summed E-state index contributed by atoms with van der Waals surface area (Å²) in [6.07, 6.45) is 2.21. The molecule has 4 nitrogen and oxygen atoms in total. The van der Waals surface area contributed by atoms with Crippen molar-refractivity contribution in [3.8, 4) is 11.5 Å². The lowest BCUT2D eigenvalue weighted by atomic mass is 10.0. The zero-order valence-electron chi connectivity index (χ0n) is 16.4. The van der Waals surface area contributed by atoms with E-state index in [0.717, 1.165) is 0 Å². The Hall–Kier alpha value is -1.95. The van der Waals surface area contributed by atoms with Crippen molar-refractivity contribution in [1.82, 2.24) is 5.32 Å². The molecule has 0 aromatic heterocycles. The largest absolute Gasteiger partial charge is 0.453 e. The van der Waals surface area contributed by atoms with Crippen LogP contribution in [0, 0.1) is 5.82 Å². The molecule has 0 saturated carbocycles. The van der Waals surface area contributed by atoms with Gasteiger partial charge in [-0.15, -0.1) is 0 Å². The third kappa shape index (κ3) is 6.30. The maximum atomic E-state index is 15.2. The molecule has 2 aromatic carbocycles. The highest BCUT2D eigenvalue weighted by atomic mass is 35.5. The third-order valence-corrected chi connectivity index (χ3v) is 4.80. The highest BCUT2D eigenvalue weighted by molar-refractivity contribution is 6.32. The molecule has 2 atom stereocenters. The number of para-hydroxylation sites is 1. The molecule has 3 N–H and O–H groups in total. The second kappa shape index (κ2) is 11.1. The Kier molecular flexibility index (Phi) is 8.90. The molecule has 152 valence electrons. The van der Waals surface area contributed by atoms with E-state index in [0.29, 0.717) is 43.5 Å². The van der Waals surface area contributed by atoms with Crippen molar-refractivity contribution in [2.75, 3.05) is 6.54 Å². The summed E-state index contributed by atoms with van der Waals surface area (Å²) in [6.45, 7) is 4.40. The number of hydrogen-bond donors (Lipinski definition) is 2. The average Bonchev–Trinajstić information content (AvgIpc) is 2.69. The first kappa shape index (κ1) is 22.3. The van der Waals surface area contributed by atoms with Crippen molar-refractivity contribution >= 4 is 17.4 Å². The lowest BCUT2D eigenvalue weighted by Crippen LogP contribution is -2.32. The topological polar surface area (TPSA) is 64.4 Å². The number of carbonyl (C=O) groups excluding carboxylic acids is 1. The normalized spacial score (nSPS) is 13.2. The summed E-state index contributed by atoms with van der Waals surface area (Å²) in [5, 5.41) is 3.56. The molecule has 2 aromatic rings. The van der Waals surface area contributed by atoms with Gasteiger partial charge in [0, 0.05) is 30.5 Å². The van der Waals surface area contributed by atoms with Gasteiger partial charge in [0.25, 0.3) is 0 Å². The van der Waals surface area contributed by atoms with Crippen LogP contribution < -0.4 is 15.8 Å². The molecule has 6 heteroatoms. The summed E-state index contributed by atoms with van der Waals surface area (Å²) in [5.41, 5.74) is 5.92. The first-order valence-corrected chi connectivity index (χ1v) is 10.0. The molecule has 0 fully saturated rings. The van der Waals surface area contributed by atoms with Gasteiger partial charge in [-0.05, 0) is 44.5 Å². The van der Waals surface area contributed by atoms with Crippen LogP contribution >= 0.6 is 11.6 Å². The molecule has 0 spiro atoms. The van der Waals surface area contributed by atoms with Crippen LogP contribution in [-0.2, 0) is 4.79 Å². The van der Waals surface area contributed by atoms with Crippen LogP contribution in [0.25, 0.3) is 0 Å². The predicted molar refractivity (Wildman–Crippen MR) is 111 cm³/mol. The first-order chi connectivity index (χ1) is 13.5. The molecule has 0 unspecified atom stereocenters. The second-order valence-corrected chi connectivity index (χ2v) is 7.27. The molecule has 0 aliphatic carbocycles. The van der Waals surface area contributed by atoms with Gasteiger partial charge in [-0.2, -0.15) is 0 Å². The van der Waals surface area contributed by atoms with E-state index < -0.39 is 5.82 Å². The maximum absolute atomic E-state index is 15.2. The predicted octanol–water partition coefficient (Wildman–Crippen LogP) is 5.40. The van der Waals surface area contributed by atoms with Crippen molar-refractivity contribution in [2.45, 2.75) is 51.6 Å². The maximum Gasteiger partial charge on any atom is 0.181 e. The Bertz CT molecular complexity index is 771. The minimum atomic E-state index is -0.489. The summed E-state index contributed by atoms with van der Waals surface area (Å²) in [5.74, 6) is 0.194. The van der Waals surface area contributed by atoms with Crippen LogP contribution in [0.4, 0.5) is 4.39 Å². The summed E-state index contributed by atoms with van der Waals surface area (Å²) < 4.78 is 20.9. The van der Waals surface area contributed by atoms with Crippen molar-refractivity contribution in [1.29, 1.82) is 0 Å². The number of benzene rings is 2. The van der Waals surface area contributed by atoms with Crippen molar-refractivity contribution in [3.63, 3.8) is 0 Å². The molecule has 0 heterocycles. The van der Waals surface area contributed by atoms with E-state index in [1.54, 1.807) is 24.3 Å². The molecule has 28 heavy (non-hydrogen) atoms. The van der Waals surface area contributed by atoms with Gasteiger partial charge in [0.05, 0.1) is 5.02 Å². The second-order valence-electron chi connectivity index (χ2n) is 6.86. The number of ether oxygens (including phenoxy) is 1. The minimum Gasteiger partial charge on any atom is -0.453 e. The van der Waals surface area contributed by atoms with Crippen LogP contribution in [-0.4, -0.2) is 18.4 Å². The monoisotopic (exact) mass is 406 g/mol. The van der Waals surface area contributed by atoms with Crippen LogP contribution in [0.15, 0.2) is 42.5 Å². The van der Waals surface area contributed by atoms with Crippen molar-refractivity contribution in [2.24, 2.45) is 5.73 Å². The Morgan fingerprint density at radius 3 is 2.61 bits per heavy atom. The molecular weight excluding hydrogens is 379 g/mol. The third-order valence-electron chi connectivity index (χ3n) is 4.51. The summed E-state index contributed by atoms with van der Waals surface area (Å²) >= 11 is 6.18. The minimum absolute atomic E-state index is 0.0114. The van der Waals surface area contributed by atoms with Gasteiger partial charge in [0.15, 0.2) is 11.6 Å². The van der Waals surface area contributed by atoms with Gasteiger partial charge in [0.1, 0.15) is 11.5 Å². The fraction of sp³-hybridized carbons (Fsp3) is 0.409. The molecule has 2 rings (SSSR count). The lowest BCUT2D eigenvalue weighted by molar-refractivity contribution is -0.119. The van der Waals surface area contributed by atoms with Gasteiger partial charge in [-0.1, -0.05) is 42.8 Å². The molecule has 0 aliphatic rings. The van der Waals surface area contributed by atoms with E-state index in [-0.39, 0.29) is 28.6 Å². The lowest BCUT2D eigenvalue weighted by Gasteiger charge is -2.24. The smallest absolute Gasteiger partial charge is 0.181 e. The van der Waals surface area contributed by atoms with Gasteiger partial charge in [-0.25, -0.2) is 4.39 Å². The Balaban J connectivity index is 2.15. The van der Waals surface area contributed by atoms with Crippen LogP contribution in [0.2, 0.25) is 5.02 Å². The number of nitrogens with one attached hydrogen (secondary N) is 1. The van der Waals surface area contributed by atoms with Gasteiger partial charge >= 0.3 is 0 Å². The van der Waals surface area contributed by atoms with Crippen molar-refractivity contribution in [3.05, 3.63) is 58.9 Å². The van der Waals surface area contributed by atoms with E-state index in [9.17, 15) is 4.79 Å². The fourth-order valence-corrected chi connectivity index (χ4v) is 3.27. The summed E-state index contributed by atoms with van der Waals surface area (Å²) in [7, 11) is 0. The number of carbonyl (C=O) groups is 1. The van der Waals surface area contributed by atoms with Gasteiger partial charge < -0.3 is 15.8 Å². The number of hydrogen-bond acceptors (Lipinski definition) is 4. The quantitative estimate of drug-likeness (QED) is 0.524. The highest BCUT2D eigenvalue weighted by Gasteiger charge is 2.22. The zero-order chi connectivity index (χ0) is 20.5. The number of Topliss-reactive ketones (excluding diaryl/α,β-unsaturated/α-hetero) is 1. The molecule has 0 bridgehead atoms. The van der Waals surface area contributed by atoms with Gasteiger partial charge in [0.2, 0.25) is 0 Å². The summed E-state index contributed by atoms with van der Waals surface area (Å²) in [6, 6.07) is 11.9. The summed E-state index contributed by atoms with van der Waals surface area (Å²) in [4.78, 5) is 12.0. The van der Waals surface area contributed by atoms with E-state index in [4.69, 9.17) is 22.1 Å². The van der Waals surface area contributed by atoms with Crippen LogP contribution in [0.3, 0.4) is 0 Å². The number of rotatable bonds is 11. The molecule has 0 radical (unpaired) electrons. The number of halogens is 2. The van der Waals surface area contributed by atoms with E-state index in [2.05, 4.69) is 5.32 Å². The number of nitrogens with two attached hydrogens (primary N) is 1. The van der Waals surface area contributed by atoms with Crippen LogP contribution in [0.1, 0.15) is 51.1 Å². The fourth-order valence-electron chi connectivity index (χ4n) is 3.09.